The quantitative estimate of drug-likeness (QED) is 0.898. The molecule has 4 nitrogen and oxygen atoms in total. The van der Waals surface area contributed by atoms with Gasteiger partial charge >= 0.3 is 0 Å². The summed E-state index contributed by atoms with van der Waals surface area (Å²) >= 11 is 0. The summed E-state index contributed by atoms with van der Waals surface area (Å²) in [6.45, 7) is 5.43. The normalized spacial score (nSPS) is 20.2. The largest absolute Gasteiger partial charge is 0.395 e. The molecule has 2 aliphatic heterocycles. The molecule has 0 unspecified atom stereocenters. The van der Waals surface area contributed by atoms with E-state index in [1.54, 1.807) is 0 Å². The number of pyridine rings is 1. The summed E-state index contributed by atoms with van der Waals surface area (Å²) in [7, 11) is 0. The second-order valence-corrected chi connectivity index (χ2v) is 7.60. The van der Waals surface area contributed by atoms with E-state index in [-0.39, 0.29) is 12.1 Å². The Labute approximate surface area is 156 Å². The average molecular weight is 351 g/mol. The summed E-state index contributed by atoms with van der Waals surface area (Å²) < 4.78 is 0. The number of nitrogens with zero attached hydrogens (tertiary/aromatic N) is 3. The van der Waals surface area contributed by atoms with Gasteiger partial charge < -0.3 is 10.0 Å². The van der Waals surface area contributed by atoms with Crippen LogP contribution in [0.25, 0.3) is 0 Å². The summed E-state index contributed by atoms with van der Waals surface area (Å²) in [6.07, 6.45) is 8.28. The van der Waals surface area contributed by atoms with Crippen molar-refractivity contribution in [2.24, 2.45) is 0 Å². The van der Waals surface area contributed by atoms with Crippen molar-refractivity contribution < 1.29 is 5.11 Å². The molecular formula is C22H29N3O. The van der Waals surface area contributed by atoms with Gasteiger partial charge in [-0.05, 0) is 48.4 Å². The Hall–Kier alpha value is -1.75. The highest BCUT2D eigenvalue weighted by Gasteiger charge is 2.44. The van der Waals surface area contributed by atoms with E-state index in [4.69, 9.17) is 0 Å². The minimum Gasteiger partial charge on any atom is -0.395 e. The first-order valence-electron chi connectivity index (χ1n) is 9.87. The number of hydrogen-bond donors (Lipinski definition) is 1. The van der Waals surface area contributed by atoms with Gasteiger partial charge in [0.25, 0.3) is 0 Å². The van der Waals surface area contributed by atoms with E-state index >= 15 is 0 Å². The highest BCUT2D eigenvalue weighted by atomic mass is 16.3. The number of β-amino-alcohol motifs (C(OH)–C–C–N with tert-alkyl or cyclic N) is 1. The van der Waals surface area contributed by atoms with Crippen molar-refractivity contribution >= 4 is 0 Å². The Morgan fingerprint density at radius 2 is 1.85 bits per heavy atom. The summed E-state index contributed by atoms with van der Waals surface area (Å²) in [5.41, 5.74) is 4.44. The topological polar surface area (TPSA) is 39.6 Å². The summed E-state index contributed by atoms with van der Waals surface area (Å²) in [5, 5.41) is 9.58. The molecule has 0 atom stereocenters. The molecule has 1 aromatic carbocycles. The van der Waals surface area contributed by atoms with Gasteiger partial charge in [0.05, 0.1) is 6.61 Å². The van der Waals surface area contributed by atoms with Crippen molar-refractivity contribution in [3.8, 4) is 0 Å². The molecule has 1 spiro atoms. The number of aliphatic hydroxyl groups excluding tert-OH is 1. The van der Waals surface area contributed by atoms with Crippen LogP contribution in [-0.4, -0.2) is 59.2 Å². The lowest BCUT2D eigenvalue weighted by atomic mass is 9.74. The molecule has 4 rings (SSSR count). The zero-order valence-corrected chi connectivity index (χ0v) is 15.5. The highest BCUT2D eigenvalue weighted by Crippen LogP contribution is 2.43. The minimum absolute atomic E-state index is 0.113. The molecule has 0 aliphatic carbocycles. The number of fused-ring (bicyclic) bond motifs is 2. The first-order valence-corrected chi connectivity index (χ1v) is 9.87. The Kier molecular flexibility index (Phi) is 5.34. The van der Waals surface area contributed by atoms with Crippen molar-refractivity contribution in [3.05, 3.63) is 65.5 Å². The maximum atomic E-state index is 9.58. The SMILES string of the molecule is OCCN1CCc2ccccc2C12CCN(CCc1cccnc1)CC2. The molecular weight excluding hydrogens is 322 g/mol. The lowest BCUT2D eigenvalue weighted by molar-refractivity contribution is -0.000394. The van der Waals surface area contributed by atoms with E-state index < -0.39 is 0 Å². The molecule has 2 aliphatic rings. The van der Waals surface area contributed by atoms with Crippen molar-refractivity contribution in [2.45, 2.75) is 31.2 Å². The van der Waals surface area contributed by atoms with E-state index in [0.717, 1.165) is 58.4 Å². The van der Waals surface area contributed by atoms with Crippen LogP contribution in [0.2, 0.25) is 0 Å². The van der Waals surface area contributed by atoms with Crippen LogP contribution >= 0.6 is 0 Å². The van der Waals surface area contributed by atoms with Crippen molar-refractivity contribution in [1.82, 2.24) is 14.8 Å². The maximum absolute atomic E-state index is 9.58. The van der Waals surface area contributed by atoms with Crippen LogP contribution in [0.1, 0.15) is 29.5 Å². The molecule has 0 bridgehead atoms. The molecule has 4 heteroatoms. The molecule has 0 amide bonds. The number of hydrogen-bond acceptors (Lipinski definition) is 4. The van der Waals surface area contributed by atoms with Gasteiger partial charge in [-0.2, -0.15) is 0 Å². The number of rotatable bonds is 5. The fourth-order valence-electron chi connectivity index (χ4n) is 4.84. The molecule has 1 fully saturated rings. The Balaban J connectivity index is 1.47. The number of likely N-dealkylation sites (tertiary alicyclic amines) is 1. The van der Waals surface area contributed by atoms with Crippen molar-refractivity contribution in [1.29, 1.82) is 0 Å². The van der Waals surface area contributed by atoms with E-state index in [1.807, 2.05) is 18.5 Å². The fraction of sp³-hybridized carbons (Fsp3) is 0.500. The van der Waals surface area contributed by atoms with Gasteiger partial charge in [-0.15, -0.1) is 0 Å². The molecule has 0 saturated carbocycles. The molecule has 2 aromatic rings. The summed E-state index contributed by atoms with van der Waals surface area (Å²) in [5.74, 6) is 0. The molecule has 26 heavy (non-hydrogen) atoms. The van der Waals surface area contributed by atoms with Crippen LogP contribution < -0.4 is 0 Å². The Bertz CT molecular complexity index is 710. The minimum atomic E-state index is 0.113. The lowest BCUT2D eigenvalue weighted by Gasteiger charge is -2.52. The van der Waals surface area contributed by atoms with E-state index in [0.29, 0.717) is 0 Å². The zero-order chi connectivity index (χ0) is 17.8. The van der Waals surface area contributed by atoms with Gasteiger partial charge in [0.15, 0.2) is 0 Å². The average Bonchev–Trinajstić information content (AvgIpc) is 2.71. The van der Waals surface area contributed by atoms with Gasteiger partial charge in [0, 0.05) is 50.7 Å². The maximum Gasteiger partial charge on any atom is 0.0558 e. The predicted octanol–water partition coefficient (Wildman–Crippen LogP) is 2.47. The Morgan fingerprint density at radius 1 is 1.00 bits per heavy atom. The second-order valence-electron chi connectivity index (χ2n) is 7.60. The monoisotopic (exact) mass is 351 g/mol. The number of piperidine rings is 1. The van der Waals surface area contributed by atoms with Gasteiger partial charge in [-0.3, -0.25) is 9.88 Å². The van der Waals surface area contributed by atoms with Crippen LogP contribution in [0.15, 0.2) is 48.8 Å². The summed E-state index contributed by atoms with van der Waals surface area (Å²) in [4.78, 5) is 9.36. The third kappa shape index (κ3) is 3.41. The van der Waals surface area contributed by atoms with Crippen LogP contribution in [0.3, 0.4) is 0 Å². The zero-order valence-electron chi connectivity index (χ0n) is 15.5. The van der Waals surface area contributed by atoms with Crippen LogP contribution in [0.4, 0.5) is 0 Å². The highest BCUT2D eigenvalue weighted by molar-refractivity contribution is 5.37. The third-order valence-corrected chi connectivity index (χ3v) is 6.27. The van der Waals surface area contributed by atoms with Gasteiger partial charge in [-0.25, -0.2) is 0 Å². The van der Waals surface area contributed by atoms with E-state index in [2.05, 4.69) is 45.1 Å². The molecule has 1 saturated heterocycles. The molecule has 1 aromatic heterocycles. The van der Waals surface area contributed by atoms with Gasteiger partial charge in [0.1, 0.15) is 0 Å². The van der Waals surface area contributed by atoms with Crippen LogP contribution in [0.5, 0.6) is 0 Å². The van der Waals surface area contributed by atoms with Crippen LogP contribution in [-0.2, 0) is 18.4 Å². The molecule has 3 heterocycles. The number of aromatic nitrogens is 1. The van der Waals surface area contributed by atoms with Crippen LogP contribution in [0, 0.1) is 0 Å². The van der Waals surface area contributed by atoms with Crippen molar-refractivity contribution in [3.63, 3.8) is 0 Å². The second kappa shape index (κ2) is 7.87. The number of benzene rings is 1. The third-order valence-electron chi connectivity index (χ3n) is 6.27. The first kappa shape index (κ1) is 17.7. The smallest absolute Gasteiger partial charge is 0.0558 e. The van der Waals surface area contributed by atoms with Crippen molar-refractivity contribution in [2.75, 3.05) is 39.3 Å². The summed E-state index contributed by atoms with van der Waals surface area (Å²) in [6, 6.07) is 13.1. The van der Waals surface area contributed by atoms with E-state index in [1.165, 1.54) is 16.7 Å². The molecule has 1 N–H and O–H groups in total. The lowest BCUT2D eigenvalue weighted by Crippen LogP contribution is -2.57. The predicted molar refractivity (Wildman–Crippen MR) is 104 cm³/mol. The van der Waals surface area contributed by atoms with Gasteiger partial charge in [0.2, 0.25) is 0 Å². The number of aliphatic hydroxyl groups is 1. The first-order chi connectivity index (χ1) is 12.8. The standard InChI is InChI=1S/C22H29N3O/c26-17-16-25-13-8-20-5-1-2-6-21(20)22(25)9-14-24(15-10-22)12-7-19-4-3-11-23-18-19/h1-6,11,18,26H,7-10,12-17H2. The van der Waals surface area contributed by atoms with E-state index in [9.17, 15) is 5.11 Å². The van der Waals surface area contributed by atoms with Gasteiger partial charge in [-0.1, -0.05) is 30.3 Å². The fourth-order valence-corrected chi connectivity index (χ4v) is 4.84. The molecule has 0 radical (unpaired) electrons. The Morgan fingerprint density at radius 3 is 2.62 bits per heavy atom. The molecule has 138 valence electrons.